The normalized spacial score (nSPS) is 10.5. The van der Waals surface area contributed by atoms with Gasteiger partial charge in [0.1, 0.15) is 18.5 Å². The number of nitro groups is 1. The molecule has 0 spiro atoms. The number of benzene rings is 2. The minimum atomic E-state index is -0.690. The zero-order chi connectivity index (χ0) is 18.7. The van der Waals surface area contributed by atoms with E-state index < -0.39 is 11.0 Å². The van der Waals surface area contributed by atoms with Crippen LogP contribution in [-0.4, -0.2) is 23.0 Å². The quantitative estimate of drug-likeness (QED) is 0.456. The van der Waals surface area contributed by atoms with Gasteiger partial charge in [0.25, 0.3) is 0 Å². The number of rotatable bonds is 4. The van der Waals surface area contributed by atoms with Crippen LogP contribution in [0.4, 0.5) is 16.2 Å². The minimum absolute atomic E-state index is 0.0739. The molecule has 0 aliphatic heterocycles. The van der Waals surface area contributed by atoms with Crippen molar-refractivity contribution in [3.63, 3.8) is 0 Å². The smallest absolute Gasteiger partial charge is 0.414 e. The Morgan fingerprint density at radius 1 is 1.27 bits per heavy atom. The van der Waals surface area contributed by atoms with Crippen LogP contribution in [0.15, 0.2) is 59.2 Å². The summed E-state index contributed by atoms with van der Waals surface area (Å²) in [7, 11) is 1.44. The van der Waals surface area contributed by atoms with Crippen molar-refractivity contribution in [3.8, 4) is 0 Å². The van der Waals surface area contributed by atoms with Crippen LogP contribution >= 0.6 is 15.9 Å². The number of halogens is 1. The molecule has 3 rings (SSSR count). The molecule has 26 heavy (non-hydrogen) atoms. The van der Waals surface area contributed by atoms with E-state index in [-0.39, 0.29) is 18.0 Å². The zero-order valence-corrected chi connectivity index (χ0v) is 15.3. The van der Waals surface area contributed by atoms with Gasteiger partial charge in [0.15, 0.2) is 0 Å². The molecular weight excluding hydrogens is 402 g/mol. The van der Waals surface area contributed by atoms with Gasteiger partial charge in [-0.2, -0.15) is 0 Å². The molecule has 2 aromatic carbocycles. The van der Waals surface area contributed by atoms with Gasteiger partial charge >= 0.3 is 11.8 Å². The molecule has 1 heterocycles. The van der Waals surface area contributed by atoms with Crippen molar-refractivity contribution in [2.75, 3.05) is 11.9 Å². The Labute approximate surface area is 157 Å². The van der Waals surface area contributed by atoms with Crippen molar-refractivity contribution in [2.45, 2.75) is 6.61 Å². The Morgan fingerprint density at radius 2 is 2.00 bits per heavy atom. The summed E-state index contributed by atoms with van der Waals surface area (Å²) in [6, 6.07) is 14.4. The molecule has 0 aliphatic rings. The van der Waals surface area contributed by atoms with Crippen LogP contribution in [0.3, 0.4) is 0 Å². The van der Waals surface area contributed by atoms with Gasteiger partial charge in [-0.1, -0.05) is 46.3 Å². The molecule has 0 unspecified atom stereocenters. The van der Waals surface area contributed by atoms with Crippen LogP contribution in [0.1, 0.15) is 5.56 Å². The molecule has 0 saturated carbocycles. The van der Waals surface area contributed by atoms with Crippen molar-refractivity contribution in [1.82, 2.24) is 4.98 Å². The minimum Gasteiger partial charge on any atom is -0.444 e. The second-order valence-electron chi connectivity index (χ2n) is 5.51. The highest BCUT2D eigenvalue weighted by Crippen LogP contribution is 2.35. The molecule has 1 aromatic heterocycles. The van der Waals surface area contributed by atoms with E-state index in [0.29, 0.717) is 10.9 Å². The monoisotopic (exact) mass is 415 g/mol. The molecule has 0 N–H and O–H groups in total. The predicted molar refractivity (Wildman–Crippen MR) is 101 cm³/mol. The van der Waals surface area contributed by atoms with E-state index >= 15 is 0 Å². The number of aromatic nitrogens is 1. The van der Waals surface area contributed by atoms with Gasteiger partial charge in [-0.25, -0.2) is 9.78 Å². The highest BCUT2D eigenvalue weighted by molar-refractivity contribution is 9.10. The summed E-state index contributed by atoms with van der Waals surface area (Å²) in [5.41, 5.74) is 1.23. The van der Waals surface area contributed by atoms with Crippen LogP contribution in [0.5, 0.6) is 0 Å². The maximum Gasteiger partial charge on any atom is 0.414 e. The molecule has 3 aromatic rings. The fourth-order valence-corrected chi connectivity index (χ4v) is 2.89. The van der Waals surface area contributed by atoms with Crippen molar-refractivity contribution in [2.24, 2.45) is 0 Å². The van der Waals surface area contributed by atoms with E-state index in [9.17, 15) is 14.9 Å². The van der Waals surface area contributed by atoms with E-state index in [1.807, 2.05) is 30.3 Å². The number of nitrogens with zero attached hydrogens (tertiary/aromatic N) is 3. The first-order chi connectivity index (χ1) is 12.5. The fourth-order valence-electron chi connectivity index (χ4n) is 2.53. The maximum absolute atomic E-state index is 12.5. The van der Waals surface area contributed by atoms with Crippen molar-refractivity contribution in [1.29, 1.82) is 0 Å². The maximum atomic E-state index is 12.5. The summed E-state index contributed by atoms with van der Waals surface area (Å²) in [5.74, 6) is 0. The van der Waals surface area contributed by atoms with Crippen LogP contribution in [0.2, 0.25) is 0 Å². The lowest BCUT2D eigenvalue weighted by Crippen LogP contribution is -2.28. The molecule has 0 radical (unpaired) electrons. The van der Waals surface area contributed by atoms with Crippen LogP contribution in [-0.2, 0) is 11.3 Å². The number of amides is 1. The average Bonchev–Trinajstić information content (AvgIpc) is 2.65. The Kier molecular flexibility index (Phi) is 5.13. The van der Waals surface area contributed by atoms with Gasteiger partial charge in [0.05, 0.1) is 10.4 Å². The number of hydrogen-bond acceptors (Lipinski definition) is 5. The molecular formula is C18H14BrN3O4. The topological polar surface area (TPSA) is 85.6 Å². The summed E-state index contributed by atoms with van der Waals surface area (Å²) in [5, 5.41) is 11.9. The Morgan fingerprint density at radius 3 is 2.69 bits per heavy atom. The third-order valence-corrected chi connectivity index (χ3v) is 4.29. The first-order valence-corrected chi connectivity index (χ1v) is 8.43. The number of pyridine rings is 1. The van der Waals surface area contributed by atoms with E-state index in [0.717, 1.165) is 21.1 Å². The van der Waals surface area contributed by atoms with Gasteiger partial charge < -0.3 is 4.74 Å². The molecule has 0 bridgehead atoms. The van der Waals surface area contributed by atoms with Gasteiger partial charge in [-0.3, -0.25) is 15.0 Å². The second-order valence-corrected chi connectivity index (χ2v) is 6.43. The van der Waals surface area contributed by atoms with Gasteiger partial charge in [-0.15, -0.1) is 0 Å². The number of anilines is 1. The highest BCUT2D eigenvalue weighted by Gasteiger charge is 2.26. The summed E-state index contributed by atoms with van der Waals surface area (Å²) in [6.07, 6.45) is 0.455. The summed E-state index contributed by atoms with van der Waals surface area (Å²) in [4.78, 5) is 28.6. The number of ether oxygens (including phenoxy) is 1. The summed E-state index contributed by atoms with van der Waals surface area (Å²) >= 11 is 3.34. The van der Waals surface area contributed by atoms with Crippen molar-refractivity contribution < 1.29 is 14.5 Å². The first kappa shape index (κ1) is 17.8. The lowest BCUT2D eigenvalue weighted by Gasteiger charge is -2.19. The van der Waals surface area contributed by atoms with Gasteiger partial charge in [-0.05, 0) is 23.8 Å². The SMILES string of the molecule is CN(C(=O)OCc1ccccc1)c1c([N+](=O)[O-])cnc2ccc(Br)cc12. The zero-order valence-electron chi connectivity index (χ0n) is 13.8. The average molecular weight is 416 g/mol. The van der Waals surface area contributed by atoms with Gasteiger partial charge in [0, 0.05) is 16.9 Å². The lowest BCUT2D eigenvalue weighted by atomic mass is 10.1. The molecule has 0 atom stereocenters. The molecule has 0 aliphatic carbocycles. The van der Waals surface area contributed by atoms with Crippen molar-refractivity contribution >= 4 is 44.3 Å². The number of fused-ring (bicyclic) bond motifs is 1. The number of carbonyl (C=O) groups is 1. The van der Waals surface area contributed by atoms with E-state index in [1.54, 1.807) is 18.2 Å². The Hall–Kier alpha value is -3.00. The van der Waals surface area contributed by atoms with Crippen LogP contribution in [0, 0.1) is 10.1 Å². The van der Waals surface area contributed by atoms with Crippen molar-refractivity contribution in [3.05, 3.63) is 74.9 Å². The van der Waals surface area contributed by atoms with E-state index in [2.05, 4.69) is 20.9 Å². The second kappa shape index (κ2) is 7.49. The Bertz CT molecular complexity index is 979. The molecule has 0 fully saturated rings. The van der Waals surface area contributed by atoms with Gasteiger partial charge in [0.2, 0.25) is 0 Å². The molecule has 0 saturated heterocycles. The summed E-state index contributed by atoms with van der Waals surface area (Å²) in [6.45, 7) is 0.0739. The third-order valence-electron chi connectivity index (χ3n) is 3.79. The summed E-state index contributed by atoms with van der Waals surface area (Å²) < 4.78 is 6.01. The molecule has 132 valence electrons. The highest BCUT2D eigenvalue weighted by atomic mass is 79.9. The number of carbonyl (C=O) groups excluding carboxylic acids is 1. The number of hydrogen-bond donors (Lipinski definition) is 0. The largest absolute Gasteiger partial charge is 0.444 e. The van der Waals surface area contributed by atoms with Crippen LogP contribution in [0.25, 0.3) is 10.9 Å². The molecule has 8 heteroatoms. The van der Waals surface area contributed by atoms with E-state index in [1.165, 1.54) is 7.05 Å². The fraction of sp³-hybridized carbons (Fsp3) is 0.111. The molecule has 1 amide bonds. The lowest BCUT2D eigenvalue weighted by molar-refractivity contribution is -0.384. The predicted octanol–water partition coefficient (Wildman–Crippen LogP) is 4.68. The third kappa shape index (κ3) is 3.65. The first-order valence-electron chi connectivity index (χ1n) is 7.64. The molecule has 7 nitrogen and oxygen atoms in total. The van der Waals surface area contributed by atoms with Crippen LogP contribution < -0.4 is 4.90 Å². The van der Waals surface area contributed by atoms with E-state index in [4.69, 9.17) is 4.74 Å². The Balaban J connectivity index is 1.96. The standard InChI is InChI=1S/C18H14BrN3O4/c1-21(18(23)26-11-12-5-3-2-4-6-12)17-14-9-13(19)7-8-15(14)20-10-16(17)22(24)25/h2-10H,11H2,1H3.